The van der Waals surface area contributed by atoms with Gasteiger partial charge in [-0.2, -0.15) is 13.2 Å². The van der Waals surface area contributed by atoms with Gasteiger partial charge in [-0.15, -0.1) is 0 Å². The molecule has 4 heteroatoms. The molecule has 0 aliphatic carbocycles. The summed E-state index contributed by atoms with van der Waals surface area (Å²) in [4.78, 5) is 0. The third-order valence-corrected chi connectivity index (χ3v) is 2.54. The Morgan fingerprint density at radius 1 is 1.25 bits per heavy atom. The summed E-state index contributed by atoms with van der Waals surface area (Å²) in [5.41, 5.74) is 6.12. The highest BCUT2D eigenvalue weighted by molar-refractivity contribution is 5.30. The SMILES string of the molecule is CCCCc1ccccc1[C@@H](N)C(F)(F)F. The zero-order valence-corrected chi connectivity index (χ0v) is 9.22. The van der Waals surface area contributed by atoms with Crippen LogP contribution in [-0.4, -0.2) is 6.18 Å². The largest absolute Gasteiger partial charge is 0.407 e. The molecule has 90 valence electrons. The van der Waals surface area contributed by atoms with Crippen molar-refractivity contribution in [3.05, 3.63) is 35.4 Å². The fourth-order valence-electron chi connectivity index (χ4n) is 1.61. The van der Waals surface area contributed by atoms with E-state index < -0.39 is 12.2 Å². The van der Waals surface area contributed by atoms with Crippen LogP contribution in [0.5, 0.6) is 0 Å². The lowest BCUT2D eigenvalue weighted by Crippen LogP contribution is -2.29. The molecular weight excluding hydrogens is 215 g/mol. The smallest absolute Gasteiger partial charge is 0.316 e. The van der Waals surface area contributed by atoms with Crippen LogP contribution in [-0.2, 0) is 6.42 Å². The Labute approximate surface area is 93.5 Å². The van der Waals surface area contributed by atoms with Gasteiger partial charge >= 0.3 is 6.18 Å². The van der Waals surface area contributed by atoms with Gasteiger partial charge in [-0.05, 0) is 24.0 Å². The summed E-state index contributed by atoms with van der Waals surface area (Å²) >= 11 is 0. The zero-order valence-electron chi connectivity index (χ0n) is 9.22. The third-order valence-electron chi connectivity index (χ3n) is 2.54. The molecule has 0 amide bonds. The van der Waals surface area contributed by atoms with Gasteiger partial charge in [0.2, 0.25) is 0 Å². The minimum atomic E-state index is -4.37. The standard InChI is InChI=1S/C12H16F3N/c1-2-3-6-9-7-4-5-8-10(9)11(16)12(13,14)15/h4-5,7-8,11H,2-3,6,16H2,1H3/t11-/m1/s1. The van der Waals surface area contributed by atoms with E-state index in [1.807, 2.05) is 6.92 Å². The monoisotopic (exact) mass is 231 g/mol. The fourth-order valence-corrected chi connectivity index (χ4v) is 1.61. The molecule has 0 unspecified atom stereocenters. The van der Waals surface area contributed by atoms with Gasteiger partial charge in [0, 0.05) is 0 Å². The molecule has 2 N–H and O–H groups in total. The summed E-state index contributed by atoms with van der Waals surface area (Å²) in [6.45, 7) is 2.01. The summed E-state index contributed by atoms with van der Waals surface area (Å²) in [7, 11) is 0. The van der Waals surface area contributed by atoms with E-state index in [1.54, 1.807) is 18.2 Å². The van der Waals surface area contributed by atoms with Gasteiger partial charge in [-0.3, -0.25) is 0 Å². The number of halogens is 3. The average Bonchev–Trinajstić information content (AvgIpc) is 2.24. The van der Waals surface area contributed by atoms with E-state index in [1.165, 1.54) is 6.07 Å². The van der Waals surface area contributed by atoms with Crippen LogP contribution in [0, 0.1) is 0 Å². The maximum absolute atomic E-state index is 12.5. The van der Waals surface area contributed by atoms with Gasteiger partial charge < -0.3 is 5.73 Å². The van der Waals surface area contributed by atoms with Crippen LogP contribution in [0.1, 0.15) is 36.9 Å². The molecule has 0 fully saturated rings. The lowest BCUT2D eigenvalue weighted by molar-refractivity contribution is -0.149. The number of hydrogen-bond acceptors (Lipinski definition) is 1. The highest BCUT2D eigenvalue weighted by Crippen LogP contribution is 2.32. The van der Waals surface area contributed by atoms with E-state index in [-0.39, 0.29) is 5.56 Å². The van der Waals surface area contributed by atoms with Crippen molar-refractivity contribution < 1.29 is 13.2 Å². The average molecular weight is 231 g/mol. The molecule has 1 nitrogen and oxygen atoms in total. The molecule has 1 aromatic rings. The maximum Gasteiger partial charge on any atom is 0.407 e. The van der Waals surface area contributed by atoms with Crippen molar-refractivity contribution in [2.24, 2.45) is 5.73 Å². The number of unbranched alkanes of at least 4 members (excludes halogenated alkanes) is 1. The summed E-state index contributed by atoms with van der Waals surface area (Å²) in [6.07, 6.45) is -1.89. The van der Waals surface area contributed by atoms with Gasteiger partial charge in [0.1, 0.15) is 6.04 Å². The van der Waals surface area contributed by atoms with E-state index in [0.29, 0.717) is 12.0 Å². The van der Waals surface area contributed by atoms with Gasteiger partial charge in [-0.25, -0.2) is 0 Å². The number of aryl methyl sites for hydroxylation is 1. The second kappa shape index (κ2) is 5.34. The topological polar surface area (TPSA) is 26.0 Å². The van der Waals surface area contributed by atoms with Gasteiger partial charge in [0.25, 0.3) is 0 Å². The normalized spacial score (nSPS) is 13.8. The predicted molar refractivity (Wildman–Crippen MR) is 58.0 cm³/mol. The van der Waals surface area contributed by atoms with E-state index >= 15 is 0 Å². The Kier molecular flexibility index (Phi) is 4.35. The Balaban J connectivity index is 2.94. The highest BCUT2D eigenvalue weighted by atomic mass is 19.4. The third kappa shape index (κ3) is 3.23. The molecule has 1 atom stereocenters. The van der Waals surface area contributed by atoms with Gasteiger partial charge in [-0.1, -0.05) is 37.6 Å². The summed E-state index contributed by atoms with van der Waals surface area (Å²) in [5, 5.41) is 0. The minimum absolute atomic E-state index is 0.198. The van der Waals surface area contributed by atoms with Crippen molar-refractivity contribution in [1.29, 1.82) is 0 Å². The zero-order chi connectivity index (χ0) is 12.2. The summed E-state index contributed by atoms with van der Waals surface area (Å²) < 4.78 is 37.5. The molecule has 0 spiro atoms. The Morgan fingerprint density at radius 3 is 2.44 bits per heavy atom. The maximum atomic E-state index is 12.5. The van der Waals surface area contributed by atoms with Crippen LogP contribution in [0.4, 0.5) is 13.2 Å². The Bertz CT molecular complexity index is 333. The van der Waals surface area contributed by atoms with Crippen LogP contribution in [0.3, 0.4) is 0 Å². The van der Waals surface area contributed by atoms with E-state index in [0.717, 1.165) is 12.8 Å². The predicted octanol–water partition coefficient (Wildman–Crippen LogP) is 3.59. The molecule has 1 aromatic carbocycles. The van der Waals surface area contributed by atoms with Gasteiger partial charge in [0.05, 0.1) is 0 Å². The lowest BCUT2D eigenvalue weighted by atomic mass is 9.97. The minimum Gasteiger partial charge on any atom is -0.316 e. The Hall–Kier alpha value is -1.03. The molecule has 0 aliphatic rings. The van der Waals surface area contributed by atoms with E-state index in [4.69, 9.17) is 5.73 Å². The van der Waals surface area contributed by atoms with Gasteiger partial charge in [0.15, 0.2) is 0 Å². The van der Waals surface area contributed by atoms with Crippen molar-refractivity contribution in [2.75, 3.05) is 0 Å². The number of nitrogens with two attached hydrogens (primary N) is 1. The van der Waals surface area contributed by atoms with Crippen LogP contribution in [0.15, 0.2) is 24.3 Å². The van der Waals surface area contributed by atoms with E-state index in [9.17, 15) is 13.2 Å². The van der Waals surface area contributed by atoms with Crippen LogP contribution < -0.4 is 5.73 Å². The first-order valence-corrected chi connectivity index (χ1v) is 5.37. The van der Waals surface area contributed by atoms with Crippen molar-refractivity contribution in [1.82, 2.24) is 0 Å². The van der Waals surface area contributed by atoms with Crippen molar-refractivity contribution in [3.8, 4) is 0 Å². The molecule has 0 aliphatic heterocycles. The quantitative estimate of drug-likeness (QED) is 0.841. The first-order chi connectivity index (χ1) is 7.46. The van der Waals surface area contributed by atoms with Crippen molar-refractivity contribution in [3.63, 3.8) is 0 Å². The van der Waals surface area contributed by atoms with Crippen molar-refractivity contribution >= 4 is 0 Å². The summed E-state index contributed by atoms with van der Waals surface area (Å²) in [6, 6.07) is 4.65. The molecule has 0 bridgehead atoms. The molecule has 0 saturated carbocycles. The number of benzene rings is 1. The molecule has 0 saturated heterocycles. The second-order valence-corrected chi connectivity index (χ2v) is 3.82. The molecule has 0 aromatic heterocycles. The molecular formula is C12H16F3N. The molecule has 16 heavy (non-hydrogen) atoms. The molecule has 1 rings (SSSR count). The Morgan fingerprint density at radius 2 is 1.88 bits per heavy atom. The van der Waals surface area contributed by atoms with Crippen molar-refractivity contribution in [2.45, 2.75) is 38.4 Å². The van der Waals surface area contributed by atoms with Crippen LogP contribution in [0.25, 0.3) is 0 Å². The lowest BCUT2D eigenvalue weighted by Gasteiger charge is -2.19. The van der Waals surface area contributed by atoms with E-state index in [2.05, 4.69) is 0 Å². The number of alkyl halides is 3. The fraction of sp³-hybridized carbons (Fsp3) is 0.500. The van der Waals surface area contributed by atoms with Crippen LogP contribution in [0.2, 0.25) is 0 Å². The molecule has 0 heterocycles. The number of rotatable bonds is 4. The second-order valence-electron chi connectivity index (χ2n) is 3.82. The number of hydrogen-bond donors (Lipinski definition) is 1. The first kappa shape index (κ1) is 13.0. The highest BCUT2D eigenvalue weighted by Gasteiger charge is 2.38. The van der Waals surface area contributed by atoms with Crippen LogP contribution >= 0.6 is 0 Å². The first-order valence-electron chi connectivity index (χ1n) is 5.37. The molecule has 0 radical (unpaired) electrons. The summed E-state index contributed by atoms with van der Waals surface area (Å²) in [5.74, 6) is 0.